The number of anilines is 1. The molecule has 8 nitrogen and oxygen atoms in total. The van der Waals surface area contributed by atoms with Crippen LogP contribution in [-0.2, 0) is 20.9 Å². The van der Waals surface area contributed by atoms with Crippen LogP contribution in [0.1, 0.15) is 38.1 Å². The van der Waals surface area contributed by atoms with E-state index in [1.807, 2.05) is 6.07 Å². The van der Waals surface area contributed by atoms with Crippen LogP contribution in [0.5, 0.6) is 0 Å². The summed E-state index contributed by atoms with van der Waals surface area (Å²) in [7, 11) is 0. The van der Waals surface area contributed by atoms with Crippen molar-refractivity contribution in [3.63, 3.8) is 0 Å². The van der Waals surface area contributed by atoms with E-state index in [9.17, 15) is 24.0 Å². The van der Waals surface area contributed by atoms with Crippen LogP contribution in [0.4, 0.5) is 9.39 Å². The van der Waals surface area contributed by atoms with E-state index < -0.39 is 30.2 Å². The van der Waals surface area contributed by atoms with Gasteiger partial charge in [0.25, 0.3) is 5.91 Å². The summed E-state index contributed by atoms with van der Waals surface area (Å²) < 4.78 is 23.1. The summed E-state index contributed by atoms with van der Waals surface area (Å²) in [6.07, 6.45) is 0. The minimum absolute atomic E-state index is 0.0321. The Balaban J connectivity index is 2.00. The second-order valence-electron chi connectivity index (χ2n) is 5.33. The monoisotopic (exact) mass is 405 g/mol. The fourth-order valence-electron chi connectivity index (χ4n) is 2.19. The van der Waals surface area contributed by atoms with Crippen LogP contribution >= 0.6 is 11.3 Å². The number of thiophene rings is 1. The van der Waals surface area contributed by atoms with Gasteiger partial charge in [0.1, 0.15) is 34.9 Å². The highest BCUT2D eigenvalue weighted by Gasteiger charge is 2.24. The number of carbonyl (C=O) groups is 3. The van der Waals surface area contributed by atoms with Gasteiger partial charge in [0, 0.05) is 11.1 Å². The lowest BCUT2D eigenvalue weighted by Crippen LogP contribution is -2.30. The highest BCUT2D eigenvalue weighted by atomic mass is 32.1. The van der Waals surface area contributed by atoms with Gasteiger partial charge in [-0.05, 0) is 25.1 Å². The number of nitriles is 1. The van der Waals surface area contributed by atoms with E-state index in [0.29, 0.717) is 0 Å². The van der Waals surface area contributed by atoms with Crippen molar-refractivity contribution < 1.29 is 28.2 Å². The Hall–Kier alpha value is -3.45. The van der Waals surface area contributed by atoms with Crippen LogP contribution in [0.25, 0.3) is 0 Å². The van der Waals surface area contributed by atoms with Gasteiger partial charge in [-0.15, -0.1) is 11.3 Å². The number of ether oxygens (including phenoxy) is 2. The molecule has 0 saturated carbocycles. The Morgan fingerprint density at radius 3 is 2.71 bits per heavy atom. The van der Waals surface area contributed by atoms with E-state index in [1.165, 1.54) is 18.2 Å². The molecule has 0 radical (unpaired) electrons. The number of halogens is 1. The maximum atomic E-state index is 13.1. The van der Waals surface area contributed by atoms with Crippen LogP contribution < -0.4 is 11.1 Å². The molecule has 146 valence electrons. The normalized spacial score (nSPS) is 10.0. The van der Waals surface area contributed by atoms with Crippen LogP contribution in [0, 0.1) is 17.1 Å². The quantitative estimate of drug-likeness (QED) is 0.673. The summed E-state index contributed by atoms with van der Waals surface area (Å²) in [6, 6.07) is 6.83. The number of hydrogen-bond acceptors (Lipinski definition) is 8. The second kappa shape index (κ2) is 9.48. The number of nitrogen functional groups attached to an aromatic ring is 1. The maximum absolute atomic E-state index is 13.1. The zero-order chi connectivity index (χ0) is 20.7. The van der Waals surface area contributed by atoms with E-state index in [-0.39, 0.29) is 39.8 Å². The third-order valence-corrected chi connectivity index (χ3v) is 4.51. The number of esters is 2. The number of carbonyl (C=O) groups excluding carboxylic acids is 3. The van der Waals surface area contributed by atoms with E-state index in [0.717, 1.165) is 17.4 Å². The van der Waals surface area contributed by atoms with Crippen molar-refractivity contribution >= 4 is 34.2 Å². The second-order valence-corrected chi connectivity index (χ2v) is 6.39. The van der Waals surface area contributed by atoms with Crippen molar-refractivity contribution in [2.45, 2.75) is 13.5 Å². The molecule has 1 amide bonds. The summed E-state index contributed by atoms with van der Waals surface area (Å²) in [5, 5.41) is 11.6. The Morgan fingerprint density at radius 2 is 2.07 bits per heavy atom. The standard InChI is InChI=1S/C18H16FN3O5S/c1-2-26-18(25)15-13(12(7-20)16(21)28-15)9-27-14(23)8-22-17(24)10-4-3-5-11(19)6-10/h3-6H,2,8-9,21H2,1H3,(H,22,24). The summed E-state index contributed by atoms with van der Waals surface area (Å²) in [4.78, 5) is 35.8. The molecular formula is C18H16FN3O5S. The minimum atomic E-state index is -0.812. The van der Waals surface area contributed by atoms with Gasteiger partial charge in [-0.25, -0.2) is 9.18 Å². The van der Waals surface area contributed by atoms with Gasteiger partial charge < -0.3 is 20.5 Å². The lowest BCUT2D eigenvalue weighted by molar-refractivity contribution is -0.143. The number of rotatable bonds is 7. The summed E-state index contributed by atoms with van der Waals surface area (Å²) in [6.45, 7) is 0.885. The number of hydrogen-bond donors (Lipinski definition) is 2. The molecule has 0 atom stereocenters. The van der Waals surface area contributed by atoms with Gasteiger partial charge in [-0.1, -0.05) is 6.07 Å². The highest BCUT2D eigenvalue weighted by Crippen LogP contribution is 2.31. The molecule has 3 N–H and O–H groups in total. The largest absolute Gasteiger partial charge is 0.462 e. The van der Waals surface area contributed by atoms with Gasteiger partial charge >= 0.3 is 11.9 Å². The molecule has 2 rings (SSSR count). The molecule has 0 aliphatic carbocycles. The first-order chi connectivity index (χ1) is 13.4. The number of benzene rings is 1. The van der Waals surface area contributed by atoms with Crippen LogP contribution in [0.3, 0.4) is 0 Å². The maximum Gasteiger partial charge on any atom is 0.348 e. The number of nitrogens with zero attached hydrogens (tertiary/aromatic N) is 1. The molecule has 0 unspecified atom stereocenters. The van der Waals surface area contributed by atoms with Crippen LogP contribution in [0.15, 0.2) is 24.3 Å². The highest BCUT2D eigenvalue weighted by molar-refractivity contribution is 7.18. The molecule has 10 heteroatoms. The summed E-state index contributed by atoms with van der Waals surface area (Å²) >= 11 is 0.866. The topological polar surface area (TPSA) is 132 Å². The van der Waals surface area contributed by atoms with Gasteiger partial charge in [-0.2, -0.15) is 5.26 Å². The molecule has 0 fully saturated rings. The zero-order valence-corrected chi connectivity index (χ0v) is 15.6. The molecular weight excluding hydrogens is 389 g/mol. The van der Waals surface area contributed by atoms with Gasteiger partial charge in [-0.3, -0.25) is 9.59 Å². The molecule has 1 aromatic heterocycles. The van der Waals surface area contributed by atoms with Gasteiger partial charge in [0.15, 0.2) is 0 Å². The molecule has 0 saturated heterocycles. The van der Waals surface area contributed by atoms with E-state index in [1.54, 1.807) is 6.92 Å². The first kappa shape index (κ1) is 20.9. The molecule has 1 heterocycles. The fraction of sp³-hybridized carbons (Fsp3) is 0.222. The van der Waals surface area contributed by atoms with Crippen molar-refractivity contribution in [2.75, 3.05) is 18.9 Å². The molecule has 0 aliphatic heterocycles. The number of amides is 1. The molecule has 0 spiro atoms. The third kappa shape index (κ3) is 5.05. The molecule has 1 aromatic carbocycles. The lowest BCUT2D eigenvalue weighted by Gasteiger charge is -2.08. The van der Waals surface area contributed by atoms with Crippen LogP contribution in [0.2, 0.25) is 0 Å². The Kier molecular flexibility index (Phi) is 7.06. The van der Waals surface area contributed by atoms with Crippen molar-refractivity contribution in [3.8, 4) is 6.07 Å². The van der Waals surface area contributed by atoms with Gasteiger partial charge in [0.2, 0.25) is 0 Å². The molecule has 0 bridgehead atoms. The van der Waals surface area contributed by atoms with E-state index in [2.05, 4.69) is 5.32 Å². The first-order valence-electron chi connectivity index (χ1n) is 8.05. The predicted molar refractivity (Wildman–Crippen MR) is 97.9 cm³/mol. The smallest absolute Gasteiger partial charge is 0.348 e. The average molecular weight is 405 g/mol. The van der Waals surface area contributed by atoms with Crippen LogP contribution in [-0.4, -0.2) is 31.0 Å². The zero-order valence-electron chi connectivity index (χ0n) is 14.8. The van der Waals surface area contributed by atoms with Gasteiger partial charge in [0.05, 0.1) is 12.2 Å². The molecule has 28 heavy (non-hydrogen) atoms. The molecule has 0 aliphatic rings. The minimum Gasteiger partial charge on any atom is -0.462 e. The number of nitrogens with two attached hydrogens (primary N) is 1. The van der Waals surface area contributed by atoms with Crippen molar-refractivity contribution in [3.05, 3.63) is 51.7 Å². The lowest BCUT2D eigenvalue weighted by atomic mass is 10.1. The van der Waals surface area contributed by atoms with E-state index >= 15 is 0 Å². The Morgan fingerprint density at radius 1 is 1.32 bits per heavy atom. The summed E-state index contributed by atoms with van der Waals surface area (Å²) in [5.41, 5.74) is 5.96. The Bertz CT molecular complexity index is 951. The Labute approximate surface area is 163 Å². The third-order valence-electron chi connectivity index (χ3n) is 3.46. The SMILES string of the molecule is CCOC(=O)c1sc(N)c(C#N)c1COC(=O)CNC(=O)c1cccc(F)c1. The first-order valence-corrected chi connectivity index (χ1v) is 8.86. The number of nitrogens with one attached hydrogen (secondary N) is 1. The van der Waals surface area contributed by atoms with Crippen molar-refractivity contribution in [1.29, 1.82) is 5.26 Å². The molecule has 2 aromatic rings. The van der Waals surface area contributed by atoms with E-state index in [4.69, 9.17) is 15.2 Å². The van der Waals surface area contributed by atoms with Crippen molar-refractivity contribution in [1.82, 2.24) is 5.32 Å². The van der Waals surface area contributed by atoms with Crippen molar-refractivity contribution in [2.24, 2.45) is 0 Å². The predicted octanol–water partition coefficient (Wildman–Crippen LogP) is 1.99. The summed E-state index contributed by atoms with van der Waals surface area (Å²) in [5.74, 6) is -2.72. The fourth-order valence-corrected chi connectivity index (χ4v) is 3.11. The average Bonchev–Trinajstić information content (AvgIpc) is 3.00.